The normalized spacial score (nSPS) is 11.3. The SMILES string of the molecule is Cn1nccc1S(=O)(=O)Nc1cccc(F)c1C(N)=S. The summed E-state index contributed by atoms with van der Waals surface area (Å²) in [5.74, 6) is -0.692. The fourth-order valence-electron chi connectivity index (χ4n) is 1.68. The largest absolute Gasteiger partial charge is 0.389 e. The van der Waals surface area contributed by atoms with Gasteiger partial charge >= 0.3 is 0 Å². The Morgan fingerprint density at radius 2 is 2.15 bits per heavy atom. The number of anilines is 1. The zero-order valence-electron chi connectivity index (χ0n) is 10.4. The average molecular weight is 314 g/mol. The second-order valence-corrected chi connectivity index (χ2v) is 5.99. The first kappa shape index (κ1) is 14.4. The molecule has 0 amide bonds. The second kappa shape index (κ2) is 5.17. The standard InChI is InChI=1S/C11H11FN4O2S2/c1-16-9(5-6-14-16)20(17,18)15-8-4-2-3-7(12)10(8)11(13)19/h2-6,15H,1H3,(H2,13,19). The van der Waals surface area contributed by atoms with E-state index in [1.165, 1.54) is 36.1 Å². The molecule has 0 atom stereocenters. The number of nitrogens with one attached hydrogen (secondary N) is 1. The minimum absolute atomic E-state index is 0.0151. The third-order valence-electron chi connectivity index (χ3n) is 2.56. The number of aryl methyl sites for hydroxylation is 1. The number of sulfonamides is 1. The Bertz CT molecular complexity index is 770. The van der Waals surface area contributed by atoms with Gasteiger partial charge in [0.1, 0.15) is 10.8 Å². The molecule has 0 saturated carbocycles. The molecule has 0 saturated heterocycles. The van der Waals surface area contributed by atoms with E-state index in [1.807, 2.05) is 0 Å². The van der Waals surface area contributed by atoms with Crippen molar-refractivity contribution in [2.75, 3.05) is 4.72 Å². The summed E-state index contributed by atoms with van der Waals surface area (Å²) in [5, 5.41) is 3.71. The Morgan fingerprint density at radius 3 is 2.70 bits per heavy atom. The predicted octanol–water partition coefficient (Wildman–Crippen LogP) is 0.994. The van der Waals surface area contributed by atoms with Crippen LogP contribution >= 0.6 is 12.2 Å². The highest BCUT2D eigenvalue weighted by Crippen LogP contribution is 2.22. The molecular weight excluding hydrogens is 303 g/mol. The van der Waals surface area contributed by atoms with Gasteiger partial charge in [-0.1, -0.05) is 18.3 Å². The molecule has 0 fully saturated rings. The van der Waals surface area contributed by atoms with E-state index in [4.69, 9.17) is 18.0 Å². The Kier molecular flexibility index (Phi) is 3.73. The van der Waals surface area contributed by atoms with Crippen LogP contribution < -0.4 is 10.5 Å². The van der Waals surface area contributed by atoms with Gasteiger partial charge < -0.3 is 5.73 Å². The van der Waals surface area contributed by atoms with Crippen molar-refractivity contribution in [1.82, 2.24) is 9.78 Å². The van der Waals surface area contributed by atoms with Crippen molar-refractivity contribution in [2.24, 2.45) is 12.8 Å². The summed E-state index contributed by atoms with van der Waals surface area (Å²) in [6, 6.07) is 5.21. The first-order valence-electron chi connectivity index (χ1n) is 5.42. The monoisotopic (exact) mass is 314 g/mol. The van der Waals surface area contributed by atoms with Crippen LogP contribution in [0.4, 0.5) is 10.1 Å². The van der Waals surface area contributed by atoms with Crippen LogP contribution in [0.5, 0.6) is 0 Å². The summed E-state index contributed by atoms with van der Waals surface area (Å²) in [6.45, 7) is 0. The van der Waals surface area contributed by atoms with Crippen LogP contribution in [-0.4, -0.2) is 23.2 Å². The fraction of sp³-hybridized carbons (Fsp3) is 0.0909. The lowest BCUT2D eigenvalue weighted by Crippen LogP contribution is -2.21. The molecule has 0 bridgehead atoms. The molecule has 9 heteroatoms. The minimum Gasteiger partial charge on any atom is -0.389 e. The maximum absolute atomic E-state index is 13.7. The Hall–Kier alpha value is -2.00. The van der Waals surface area contributed by atoms with E-state index in [0.717, 1.165) is 6.07 Å². The third-order valence-corrected chi connectivity index (χ3v) is 4.20. The quantitative estimate of drug-likeness (QED) is 0.822. The maximum Gasteiger partial charge on any atom is 0.279 e. The van der Waals surface area contributed by atoms with Gasteiger partial charge in [0, 0.05) is 7.05 Å². The van der Waals surface area contributed by atoms with Crippen molar-refractivity contribution in [3.05, 3.63) is 41.8 Å². The summed E-state index contributed by atoms with van der Waals surface area (Å²) in [6.07, 6.45) is 1.34. The number of thiocarbonyl (C=S) groups is 1. The Morgan fingerprint density at radius 1 is 1.45 bits per heavy atom. The summed E-state index contributed by atoms with van der Waals surface area (Å²) in [5.41, 5.74) is 5.26. The lowest BCUT2D eigenvalue weighted by atomic mass is 10.2. The van der Waals surface area contributed by atoms with Crippen LogP contribution in [0, 0.1) is 5.82 Å². The van der Waals surface area contributed by atoms with Gasteiger partial charge in [0.05, 0.1) is 17.4 Å². The molecule has 6 nitrogen and oxygen atoms in total. The van der Waals surface area contributed by atoms with Gasteiger partial charge in [-0.2, -0.15) is 13.5 Å². The van der Waals surface area contributed by atoms with Crippen molar-refractivity contribution in [1.29, 1.82) is 0 Å². The molecule has 1 aromatic heterocycles. The van der Waals surface area contributed by atoms with Gasteiger partial charge in [-0.15, -0.1) is 0 Å². The predicted molar refractivity (Wildman–Crippen MR) is 76.3 cm³/mol. The van der Waals surface area contributed by atoms with Crippen molar-refractivity contribution in [3.63, 3.8) is 0 Å². The molecule has 1 heterocycles. The molecule has 106 valence electrons. The number of aromatic nitrogens is 2. The van der Waals surface area contributed by atoms with Gasteiger partial charge in [-0.3, -0.25) is 9.40 Å². The topological polar surface area (TPSA) is 90.0 Å². The number of hydrogen-bond acceptors (Lipinski definition) is 4. The number of hydrogen-bond donors (Lipinski definition) is 2. The third kappa shape index (κ3) is 2.63. The first-order chi connectivity index (χ1) is 9.33. The van der Waals surface area contributed by atoms with Crippen LogP contribution in [0.2, 0.25) is 0 Å². The van der Waals surface area contributed by atoms with E-state index >= 15 is 0 Å². The smallest absolute Gasteiger partial charge is 0.279 e. The highest BCUT2D eigenvalue weighted by molar-refractivity contribution is 7.92. The zero-order valence-corrected chi connectivity index (χ0v) is 12.0. The van der Waals surface area contributed by atoms with E-state index in [9.17, 15) is 12.8 Å². The first-order valence-corrected chi connectivity index (χ1v) is 7.31. The zero-order chi connectivity index (χ0) is 14.9. The number of benzene rings is 1. The van der Waals surface area contributed by atoms with E-state index < -0.39 is 15.8 Å². The molecule has 0 unspecified atom stereocenters. The molecule has 0 aliphatic rings. The van der Waals surface area contributed by atoms with Crippen LogP contribution in [0.15, 0.2) is 35.5 Å². The van der Waals surface area contributed by atoms with Gasteiger partial charge in [0.25, 0.3) is 10.0 Å². The second-order valence-electron chi connectivity index (χ2n) is 3.93. The van der Waals surface area contributed by atoms with E-state index in [2.05, 4.69) is 9.82 Å². The molecule has 3 N–H and O–H groups in total. The van der Waals surface area contributed by atoms with Gasteiger partial charge in [0.2, 0.25) is 0 Å². The fourth-order valence-corrected chi connectivity index (χ4v) is 3.09. The average Bonchev–Trinajstić information content (AvgIpc) is 2.75. The summed E-state index contributed by atoms with van der Waals surface area (Å²) in [7, 11) is -2.42. The van der Waals surface area contributed by atoms with Crippen molar-refractivity contribution >= 4 is 32.9 Å². The van der Waals surface area contributed by atoms with Gasteiger partial charge in [-0.25, -0.2) is 4.39 Å². The molecule has 0 radical (unpaired) electrons. The molecule has 0 aliphatic heterocycles. The minimum atomic E-state index is -3.90. The lowest BCUT2D eigenvalue weighted by Gasteiger charge is -2.12. The summed E-state index contributed by atoms with van der Waals surface area (Å²) < 4.78 is 41.5. The van der Waals surface area contributed by atoms with Crippen molar-refractivity contribution < 1.29 is 12.8 Å². The van der Waals surface area contributed by atoms with Crippen LogP contribution in [0.25, 0.3) is 0 Å². The summed E-state index contributed by atoms with van der Waals surface area (Å²) in [4.78, 5) is -0.231. The van der Waals surface area contributed by atoms with Crippen LogP contribution in [0.1, 0.15) is 5.56 Å². The van der Waals surface area contributed by atoms with Crippen molar-refractivity contribution in [2.45, 2.75) is 5.03 Å². The maximum atomic E-state index is 13.7. The van der Waals surface area contributed by atoms with E-state index in [0.29, 0.717) is 0 Å². The number of rotatable bonds is 4. The molecule has 20 heavy (non-hydrogen) atoms. The molecule has 2 rings (SSSR count). The molecule has 0 spiro atoms. The van der Waals surface area contributed by atoms with E-state index in [1.54, 1.807) is 0 Å². The van der Waals surface area contributed by atoms with Crippen LogP contribution in [-0.2, 0) is 17.1 Å². The van der Waals surface area contributed by atoms with Crippen molar-refractivity contribution in [3.8, 4) is 0 Å². The van der Waals surface area contributed by atoms with E-state index in [-0.39, 0.29) is 21.3 Å². The van der Waals surface area contributed by atoms with Gasteiger partial charge in [-0.05, 0) is 18.2 Å². The lowest BCUT2D eigenvalue weighted by molar-refractivity contribution is 0.582. The Labute approximate surface area is 120 Å². The summed E-state index contributed by atoms with van der Waals surface area (Å²) >= 11 is 4.74. The molecule has 0 aliphatic carbocycles. The highest BCUT2D eigenvalue weighted by atomic mass is 32.2. The molecule has 2 aromatic rings. The molecule has 1 aromatic carbocycles. The number of nitrogens with two attached hydrogens (primary N) is 1. The Balaban J connectivity index is 2.48. The highest BCUT2D eigenvalue weighted by Gasteiger charge is 2.21. The van der Waals surface area contributed by atoms with Gasteiger partial charge in [0.15, 0.2) is 5.03 Å². The molecular formula is C11H11FN4O2S2. The number of nitrogens with zero attached hydrogens (tertiary/aromatic N) is 2. The van der Waals surface area contributed by atoms with Crippen LogP contribution in [0.3, 0.4) is 0 Å². The number of halogens is 1.